The summed E-state index contributed by atoms with van der Waals surface area (Å²) in [4.78, 5) is 0. The van der Waals surface area contributed by atoms with Gasteiger partial charge < -0.3 is 11.5 Å². The first-order chi connectivity index (χ1) is 10.6. The van der Waals surface area contributed by atoms with Crippen molar-refractivity contribution >= 4 is 11.4 Å². The summed E-state index contributed by atoms with van der Waals surface area (Å²) >= 11 is 0. The molecule has 0 amide bonds. The number of rotatable bonds is 2. The van der Waals surface area contributed by atoms with E-state index < -0.39 is 75.5 Å². The number of hydrogen-bond acceptors (Lipinski definition) is 2. The van der Waals surface area contributed by atoms with Crippen molar-refractivity contribution in [3.8, 4) is 0 Å². The van der Waals surface area contributed by atoms with Crippen molar-refractivity contribution in [1.29, 1.82) is 0 Å². The summed E-state index contributed by atoms with van der Waals surface area (Å²) in [6.45, 7) is 0. The smallest absolute Gasteiger partial charge is 0.185 e. The third-order valence-electron chi connectivity index (χ3n) is 3.13. The Morgan fingerprint density at radius 1 is 0.435 bits per heavy atom. The molecule has 0 heterocycles. The molecule has 2 aromatic rings. The van der Waals surface area contributed by atoms with Crippen molar-refractivity contribution in [2.75, 3.05) is 11.5 Å². The molecule has 2 nitrogen and oxygen atoms in total. The van der Waals surface area contributed by atoms with E-state index >= 15 is 0 Å². The standard InChI is InChI=1S/C13H6F8N2/c14-4-2(5(15)9(19)12(22)8(4)18)1-3-6(16)10(20)13(23)11(21)7(3)17/h1,22-23H2. The first-order valence-electron chi connectivity index (χ1n) is 5.80. The van der Waals surface area contributed by atoms with Crippen molar-refractivity contribution in [2.45, 2.75) is 6.42 Å². The Kier molecular flexibility index (Phi) is 4.10. The molecule has 0 spiro atoms. The van der Waals surface area contributed by atoms with Crippen LogP contribution in [-0.4, -0.2) is 0 Å². The van der Waals surface area contributed by atoms with Gasteiger partial charge >= 0.3 is 0 Å². The summed E-state index contributed by atoms with van der Waals surface area (Å²) in [5.41, 5.74) is 3.56. The van der Waals surface area contributed by atoms with Gasteiger partial charge in [0.15, 0.2) is 46.5 Å². The summed E-state index contributed by atoms with van der Waals surface area (Å²) < 4.78 is 108. The van der Waals surface area contributed by atoms with E-state index in [1.807, 2.05) is 0 Å². The first kappa shape index (κ1) is 16.8. The monoisotopic (exact) mass is 342 g/mol. The molecule has 4 N–H and O–H groups in total. The molecule has 0 saturated carbocycles. The van der Waals surface area contributed by atoms with Gasteiger partial charge in [0.2, 0.25) is 0 Å². The molecular formula is C13H6F8N2. The zero-order chi connectivity index (χ0) is 17.6. The SMILES string of the molecule is Nc1c(F)c(F)c(Cc2c(F)c(F)c(N)c(F)c2F)c(F)c1F. The highest BCUT2D eigenvalue weighted by molar-refractivity contribution is 5.49. The molecule has 10 heteroatoms. The Labute approximate surface area is 123 Å². The minimum absolute atomic E-state index is 1.49. The Morgan fingerprint density at radius 3 is 0.870 bits per heavy atom. The van der Waals surface area contributed by atoms with E-state index in [-0.39, 0.29) is 0 Å². The molecule has 0 radical (unpaired) electrons. The fraction of sp³-hybridized carbons (Fsp3) is 0.0769. The summed E-state index contributed by atoms with van der Waals surface area (Å²) in [7, 11) is 0. The van der Waals surface area contributed by atoms with Crippen LogP contribution in [0.4, 0.5) is 46.5 Å². The number of halogens is 8. The maximum absolute atomic E-state index is 13.6. The highest BCUT2D eigenvalue weighted by Crippen LogP contribution is 2.31. The predicted molar refractivity (Wildman–Crippen MR) is 64.2 cm³/mol. The number of hydrogen-bond donors (Lipinski definition) is 2. The van der Waals surface area contributed by atoms with E-state index in [2.05, 4.69) is 0 Å². The Balaban J connectivity index is 2.71. The largest absolute Gasteiger partial charge is 0.394 e. The molecule has 0 saturated heterocycles. The molecular weight excluding hydrogens is 336 g/mol. The van der Waals surface area contributed by atoms with E-state index in [4.69, 9.17) is 11.5 Å². The van der Waals surface area contributed by atoms with Gasteiger partial charge in [0.1, 0.15) is 11.4 Å². The number of anilines is 2. The van der Waals surface area contributed by atoms with Crippen LogP contribution in [0.15, 0.2) is 0 Å². The number of nitrogens with two attached hydrogens (primary N) is 2. The van der Waals surface area contributed by atoms with Crippen molar-refractivity contribution in [1.82, 2.24) is 0 Å². The van der Waals surface area contributed by atoms with E-state index in [9.17, 15) is 35.1 Å². The van der Waals surface area contributed by atoms with Crippen molar-refractivity contribution < 1.29 is 35.1 Å². The second-order valence-electron chi connectivity index (χ2n) is 4.47. The molecule has 2 rings (SSSR count). The van der Waals surface area contributed by atoms with E-state index in [1.165, 1.54) is 0 Å². The zero-order valence-electron chi connectivity index (χ0n) is 10.9. The lowest BCUT2D eigenvalue weighted by molar-refractivity contribution is 0.432. The third kappa shape index (κ3) is 2.43. The minimum Gasteiger partial charge on any atom is -0.394 e. The number of benzene rings is 2. The Hall–Kier alpha value is -2.52. The van der Waals surface area contributed by atoms with Gasteiger partial charge in [0, 0.05) is 17.5 Å². The summed E-state index contributed by atoms with van der Waals surface area (Å²) in [5.74, 6) is -16.2. The Bertz CT molecular complexity index is 693. The van der Waals surface area contributed by atoms with Gasteiger partial charge in [0.25, 0.3) is 0 Å². The van der Waals surface area contributed by atoms with Gasteiger partial charge in [-0.1, -0.05) is 0 Å². The second kappa shape index (κ2) is 5.60. The zero-order valence-corrected chi connectivity index (χ0v) is 10.9. The highest BCUT2D eigenvalue weighted by Gasteiger charge is 2.29. The van der Waals surface area contributed by atoms with Gasteiger partial charge in [-0.3, -0.25) is 0 Å². The van der Waals surface area contributed by atoms with Crippen LogP contribution in [0.25, 0.3) is 0 Å². The maximum Gasteiger partial charge on any atom is 0.185 e. The van der Waals surface area contributed by atoms with E-state index in [1.54, 1.807) is 0 Å². The van der Waals surface area contributed by atoms with Crippen molar-refractivity contribution in [3.05, 3.63) is 57.7 Å². The first-order valence-corrected chi connectivity index (χ1v) is 5.80. The van der Waals surface area contributed by atoms with Crippen LogP contribution in [0.1, 0.15) is 11.1 Å². The minimum atomic E-state index is -2.04. The Morgan fingerprint density at radius 2 is 0.652 bits per heavy atom. The molecule has 0 unspecified atom stereocenters. The molecule has 0 atom stereocenters. The van der Waals surface area contributed by atoms with Crippen molar-refractivity contribution in [2.24, 2.45) is 0 Å². The lowest BCUT2D eigenvalue weighted by atomic mass is 10.0. The van der Waals surface area contributed by atoms with Crippen LogP contribution in [0.5, 0.6) is 0 Å². The quantitative estimate of drug-likeness (QED) is 0.498. The maximum atomic E-state index is 13.6. The third-order valence-corrected chi connectivity index (χ3v) is 3.13. The lowest BCUT2D eigenvalue weighted by Gasteiger charge is -2.12. The molecule has 0 aliphatic heterocycles. The van der Waals surface area contributed by atoms with Crippen LogP contribution >= 0.6 is 0 Å². The molecule has 23 heavy (non-hydrogen) atoms. The average molecular weight is 342 g/mol. The fourth-order valence-electron chi connectivity index (χ4n) is 1.88. The van der Waals surface area contributed by atoms with Gasteiger partial charge in [0.05, 0.1) is 0 Å². The summed E-state index contributed by atoms with van der Waals surface area (Å²) in [6, 6.07) is 0. The molecule has 0 aliphatic rings. The van der Waals surface area contributed by atoms with Crippen molar-refractivity contribution in [3.63, 3.8) is 0 Å². The molecule has 0 aliphatic carbocycles. The van der Waals surface area contributed by atoms with E-state index in [0.717, 1.165) is 0 Å². The van der Waals surface area contributed by atoms with Crippen LogP contribution in [0, 0.1) is 46.5 Å². The van der Waals surface area contributed by atoms with Crippen LogP contribution in [0.3, 0.4) is 0 Å². The second-order valence-corrected chi connectivity index (χ2v) is 4.47. The van der Waals surface area contributed by atoms with Crippen LogP contribution in [-0.2, 0) is 6.42 Å². The lowest BCUT2D eigenvalue weighted by Crippen LogP contribution is -2.13. The molecule has 0 aromatic heterocycles. The molecule has 124 valence electrons. The molecule has 2 aromatic carbocycles. The predicted octanol–water partition coefficient (Wildman–Crippen LogP) is 3.55. The molecule has 0 fully saturated rings. The summed E-state index contributed by atoms with van der Waals surface area (Å²) in [6.07, 6.45) is -1.52. The van der Waals surface area contributed by atoms with Gasteiger partial charge in [-0.15, -0.1) is 0 Å². The topological polar surface area (TPSA) is 52.0 Å². The van der Waals surface area contributed by atoms with Gasteiger partial charge in [-0.25, -0.2) is 35.1 Å². The van der Waals surface area contributed by atoms with E-state index in [0.29, 0.717) is 0 Å². The van der Waals surface area contributed by atoms with Crippen LogP contribution < -0.4 is 11.5 Å². The molecule has 0 bridgehead atoms. The summed E-state index contributed by atoms with van der Waals surface area (Å²) in [5, 5.41) is 0. The normalized spacial score (nSPS) is 11.1. The average Bonchev–Trinajstić information content (AvgIpc) is 2.54. The fourth-order valence-corrected chi connectivity index (χ4v) is 1.88. The van der Waals surface area contributed by atoms with Crippen LogP contribution in [0.2, 0.25) is 0 Å². The number of nitrogen functional groups attached to an aromatic ring is 2. The highest BCUT2D eigenvalue weighted by atomic mass is 19.2. The van der Waals surface area contributed by atoms with Gasteiger partial charge in [-0.2, -0.15) is 0 Å². The van der Waals surface area contributed by atoms with Gasteiger partial charge in [-0.05, 0) is 0 Å².